The van der Waals surface area contributed by atoms with Crippen LogP contribution in [0, 0.1) is 0 Å². The van der Waals surface area contributed by atoms with Gasteiger partial charge in [-0.05, 0) is 13.0 Å². The molecule has 1 aromatic carbocycles. The van der Waals surface area contributed by atoms with Gasteiger partial charge in [0.2, 0.25) is 0 Å². The molecule has 0 unspecified atom stereocenters. The van der Waals surface area contributed by atoms with Crippen LogP contribution in [0.2, 0.25) is 0 Å². The third-order valence-electron chi connectivity index (χ3n) is 1.92. The minimum atomic E-state index is -0.112. The fourth-order valence-corrected chi connectivity index (χ4v) is 1.37. The highest BCUT2D eigenvalue weighted by atomic mass is 15.1. The van der Waals surface area contributed by atoms with Crippen LogP contribution >= 0.6 is 0 Å². The lowest BCUT2D eigenvalue weighted by atomic mass is 10.1. The molecule has 3 nitrogen and oxygen atoms in total. The van der Waals surface area contributed by atoms with Crippen LogP contribution in [-0.4, -0.2) is 5.84 Å². The van der Waals surface area contributed by atoms with Crippen LogP contribution in [0.5, 0.6) is 0 Å². The first-order chi connectivity index (χ1) is 5.77. The smallest absolute Gasteiger partial charge is 0.104 e. The molecule has 0 aliphatic carbocycles. The Labute approximate surface area is 71.3 Å². The molecule has 1 aliphatic heterocycles. The van der Waals surface area contributed by atoms with E-state index in [0.717, 1.165) is 17.1 Å². The van der Waals surface area contributed by atoms with Crippen molar-refractivity contribution in [1.82, 2.24) is 5.32 Å². The summed E-state index contributed by atoms with van der Waals surface area (Å²) in [6.07, 6.45) is -0.112. The molecule has 0 saturated heterocycles. The van der Waals surface area contributed by atoms with Gasteiger partial charge in [-0.2, -0.15) is 0 Å². The summed E-state index contributed by atoms with van der Waals surface area (Å²) in [5.74, 6) is 0.876. The maximum atomic E-state index is 5.84. The summed E-state index contributed by atoms with van der Waals surface area (Å²) >= 11 is 0. The van der Waals surface area contributed by atoms with E-state index in [2.05, 4.69) is 10.3 Å². The van der Waals surface area contributed by atoms with Gasteiger partial charge in [-0.25, -0.2) is 4.99 Å². The van der Waals surface area contributed by atoms with Crippen molar-refractivity contribution in [2.24, 2.45) is 10.7 Å². The van der Waals surface area contributed by atoms with Crippen molar-refractivity contribution in [3.63, 3.8) is 0 Å². The number of nitrogens with two attached hydrogens (primary N) is 1. The Morgan fingerprint density at radius 2 is 2.17 bits per heavy atom. The summed E-state index contributed by atoms with van der Waals surface area (Å²) in [5.41, 5.74) is 7.88. The second-order valence-electron chi connectivity index (χ2n) is 2.88. The molecule has 0 fully saturated rings. The van der Waals surface area contributed by atoms with Gasteiger partial charge in [0.25, 0.3) is 0 Å². The Bertz CT molecular complexity index is 330. The number of benzene rings is 1. The topological polar surface area (TPSA) is 50.4 Å². The lowest BCUT2D eigenvalue weighted by Gasteiger charge is -2.21. The SMILES string of the molecule is CC1=Nc2ccccc2[C@H](N)N1. The number of amidine groups is 1. The first-order valence-corrected chi connectivity index (χ1v) is 3.94. The van der Waals surface area contributed by atoms with Gasteiger partial charge < -0.3 is 11.1 Å². The van der Waals surface area contributed by atoms with E-state index in [1.165, 1.54) is 0 Å². The number of fused-ring (bicyclic) bond motifs is 1. The molecule has 0 aromatic heterocycles. The quantitative estimate of drug-likeness (QED) is 0.602. The lowest BCUT2D eigenvalue weighted by Crippen LogP contribution is -2.34. The van der Waals surface area contributed by atoms with E-state index in [-0.39, 0.29) is 6.17 Å². The van der Waals surface area contributed by atoms with Crippen molar-refractivity contribution in [2.75, 3.05) is 0 Å². The number of rotatable bonds is 0. The molecule has 3 heteroatoms. The molecular weight excluding hydrogens is 150 g/mol. The highest BCUT2D eigenvalue weighted by molar-refractivity contribution is 5.85. The molecular formula is C9H11N3. The number of para-hydroxylation sites is 1. The van der Waals surface area contributed by atoms with E-state index >= 15 is 0 Å². The first-order valence-electron chi connectivity index (χ1n) is 3.94. The zero-order valence-corrected chi connectivity index (χ0v) is 6.91. The Morgan fingerprint density at radius 1 is 1.42 bits per heavy atom. The maximum absolute atomic E-state index is 5.84. The average Bonchev–Trinajstić information content (AvgIpc) is 2.04. The first kappa shape index (κ1) is 7.31. The standard InChI is InChI=1S/C9H11N3/c1-6-11-8-5-3-2-4-7(8)9(10)12-6/h2-5,9H,10H2,1H3,(H,11,12)/t9-/m1/s1. The number of nitrogens with zero attached hydrogens (tertiary/aromatic N) is 1. The molecule has 2 rings (SSSR count). The van der Waals surface area contributed by atoms with Gasteiger partial charge in [-0.1, -0.05) is 18.2 Å². The lowest BCUT2D eigenvalue weighted by molar-refractivity contribution is 0.669. The largest absolute Gasteiger partial charge is 0.355 e. The van der Waals surface area contributed by atoms with Gasteiger partial charge in [0.15, 0.2) is 0 Å². The van der Waals surface area contributed by atoms with Gasteiger partial charge in [-0.3, -0.25) is 0 Å². The van der Waals surface area contributed by atoms with Crippen LogP contribution < -0.4 is 11.1 Å². The highest BCUT2D eigenvalue weighted by Crippen LogP contribution is 2.25. The van der Waals surface area contributed by atoms with E-state index in [1.54, 1.807) is 0 Å². The summed E-state index contributed by atoms with van der Waals surface area (Å²) in [6.45, 7) is 1.91. The monoisotopic (exact) mass is 161 g/mol. The molecule has 1 atom stereocenters. The number of aliphatic imine (C=N–C) groups is 1. The predicted molar refractivity (Wildman–Crippen MR) is 49.3 cm³/mol. The van der Waals surface area contributed by atoms with Crippen molar-refractivity contribution in [3.05, 3.63) is 29.8 Å². The molecule has 0 spiro atoms. The Kier molecular flexibility index (Phi) is 1.59. The van der Waals surface area contributed by atoms with E-state index < -0.39 is 0 Å². The van der Waals surface area contributed by atoms with Gasteiger partial charge >= 0.3 is 0 Å². The van der Waals surface area contributed by atoms with Gasteiger partial charge in [-0.15, -0.1) is 0 Å². The van der Waals surface area contributed by atoms with Crippen molar-refractivity contribution >= 4 is 11.5 Å². The summed E-state index contributed by atoms with van der Waals surface area (Å²) in [7, 11) is 0. The summed E-state index contributed by atoms with van der Waals surface area (Å²) in [6, 6.07) is 7.90. The second-order valence-corrected chi connectivity index (χ2v) is 2.88. The Hall–Kier alpha value is -1.35. The van der Waals surface area contributed by atoms with Crippen LogP contribution in [0.25, 0.3) is 0 Å². The van der Waals surface area contributed by atoms with Crippen molar-refractivity contribution < 1.29 is 0 Å². The predicted octanol–water partition coefficient (Wildman–Crippen LogP) is 1.30. The van der Waals surface area contributed by atoms with Crippen LogP contribution in [0.15, 0.2) is 29.3 Å². The Balaban J connectivity index is 2.55. The van der Waals surface area contributed by atoms with E-state index in [1.807, 2.05) is 31.2 Å². The van der Waals surface area contributed by atoms with Crippen molar-refractivity contribution in [1.29, 1.82) is 0 Å². The number of hydrogen-bond acceptors (Lipinski definition) is 3. The molecule has 0 amide bonds. The third kappa shape index (κ3) is 1.08. The average molecular weight is 161 g/mol. The molecule has 0 bridgehead atoms. The summed E-state index contributed by atoms with van der Waals surface area (Å²) in [4.78, 5) is 4.32. The fourth-order valence-electron chi connectivity index (χ4n) is 1.37. The number of hydrogen-bond donors (Lipinski definition) is 2. The van der Waals surface area contributed by atoms with Crippen LogP contribution in [0.4, 0.5) is 5.69 Å². The van der Waals surface area contributed by atoms with Crippen LogP contribution in [-0.2, 0) is 0 Å². The molecule has 1 heterocycles. The normalized spacial score (nSPS) is 20.8. The third-order valence-corrected chi connectivity index (χ3v) is 1.92. The van der Waals surface area contributed by atoms with E-state index in [0.29, 0.717) is 0 Å². The van der Waals surface area contributed by atoms with Crippen LogP contribution in [0.3, 0.4) is 0 Å². The summed E-state index contributed by atoms with van der Waals surface area (Å²) in [5, 5.41) is 3.06. The van der Waals surface area contributed by atoms with E-state index in [4.69, 9.17) is 5.73 Å². The molecule has 3 N–H and O–H groups in total. The minimum absolute atomic E-state index is 0.112. The molecule has 0 saturated carbocycles. The zero-order chi connectivity index (χ0) is 8.55. The van der Waals surface area contributed by atoms with Gasteiger partial charge in [0.05, 0.1) is 5.69 Å². The Morgan fingerprint density at radius 3 is 3.00 bits per heavy atom. The second kappa shape index (κ2) is 2.60. The van der Waals surface area contributed by atoms with Crippen molar-refractivity contribution in [3.8, 4) is 0 Å². The van der Waals surface area contributed by atoms with Crippen LogP contribution in [0.1, 0.15) is 18.7 Å². The summed E-state index contributed by atoms with van der Waals surface area (Å²) < 4.78 is 0. The zero-order valence-electron chi connectivity index (χ0n) is 6.91. The van der Waals surface area contributed by atoms with Gasteiger partial charge in [0, 0.05) is 5.56 Å². The van der Waals surface area contributed by atoms with Gasteiger partial charge in [0.1, 0.15) is 12.0 Å². The molecule has 12 heavy (non-hydrogen) atoms. The number of nitrogens with one attached hydrogen (secondary N) is 1. The molecule has 1 aromatic rings. The molecule has 1 aliphatic rings. The van der Waals surface area contributed by atoms with E-state index in [9.17, 15) is 0 Å². The maximum Gasteiger partial charge on any atom is 0.104 e. The molecule has 62 valence electrons. The minimum Gasteiger partial charge on any atom is -0.355 e. The van der Waals surface area contributed by atoms with Crippen molar-refractivity contribution in [2.45, 2.75) is 13.1 Å². The molecule has 0 radical (unpaired) electrons. The highest BCUT2D eigenvalue weighted by Gasteiger charge is 2.14. The fraction of sp³-hybridized carbons (Fsp3) is 0.222.